The van der Waals surface area contributed by atoms with Gasteiger partial charge < -0.3 is 10.2 Å². The highest BCUT2D eigenvalue weighted by atomic mass is 15.2. The number of anilines is 1. The van der Waals surface area contributed by atoms with Crippen molar-refractivity contribution in [3.8, 4) is 0 Å². The van der Waals surface area contributed by atoms with Crippen molar-refractivity contribution in [1.82, 2.24) is 5.32 Å². The van der Waals surface area contributed by atoms with E-state index in [1.807, 2.05) is 0 Å². The third-order valence-corrected chi connectivity index (χ3v) is 3.85. The summed E-state index contributed by atoms with van der Waals surface area (Å²) in [4.78, 5) is 2.54. The van der Waals surface area contributed by atoms with E-state index in [-0.39, 0.29) is 5.54 Å². The summed E-state index contributed by atoms with van der Waals surface area (Å²) in [5.41, 5.74) is 3.07. The minimum absolute atomic E-state index is 0.230. The summed E-state index contributed by atoms with van der Waals surface area (Å²) in [5, 5.41) is 3.71. The summed E-state index contributed by atoms with van der Waals surface area (Å²) in [6.07, 6.45) is 2.37. The first kappa shape index (κ1) is 12.4. The van der Waals surface area contributed by atoms with E-state index in [0.717, 1.165) is 19.6 Å². The van der Waals surface area contributed by atoms with E-state index in [1.54, 1.807) is 0 Å². The first-order chi connectivity index (χ1) is 8.18. The smallest absolute Gasteiger partial charge is 0.0412 e. The maximum atomic E-state index is 3.71. The van der Waals surface area contributed by atoms with Crippen LogP contribution in [-0.4, -0.2) is 18.6 Å². The van der Waals surface area contributed by atoms with Crippen molar-refractivity contribution < 1.29 is 0 Å². The number of nitrogens with zero attached hydrogens (tertiary/aromatic N) is 1. The van der Waals surface area contributed by atoms with Crippen LogP contribution >= 0.6 is 0 Å². The summed E-state index contributed by atoms with van der Waals surface area (Å²) < 4.78 is 0. The molecule has 1 N–H and O–H groups in total. The van der Waals surface area contributed by atoms with Crippen LogP contribution in [-0.2, 0) is 6.54 Å². The normalized spacial score (nSPS) is 24.3. The molecule has 0 saturated heterocycles. The Labute approximate surface area is 105 Å². The Morgan fingerprint density at radius 3 is 2.76 bits per heavy atom. The van der Waals surface area contributed by atoms with Gasteiger partial charge in [-0.2, -0.15) is 0 Å². The molecule has 1 heterocycles. The molecule has 0 bridgehead atoms. The van der Waals surface area contributed by atoms with Gasteiger partial charge in [0.25, 0.3) is 0 Å². The van der Waals surface area contributed by atoms with Crippen LogP contribution in [0.5, 0.6) is 0 Å². The topological polar surface area (TPSA) is 15.3 Å². The molecule has 0 aliphatic carbocycles. The van der Waals surface area contributed by atoms with Crippen LogP contribution in [0.25, 0.3) is 0 Å². The zero-order valence-electron chi connectivity index (χ0n) is 11.3. The molecular formula is C15H24N2. The van der Waals surface area contributed by atoms with Crippen molar-refractivity contribution in [2.75, 3.05) is 18.0 Å². The van der Waals surface area contributed by atoms with Crippen LogP contribution in [0.4, 0.5) is 5.69 Å². The van der Waals surface area contributed by atoms with Gasteiger partial charge >= 0.3 is 0 Å². The number of para-hydroxylation sites is 1. The van der Waals surface area contributed by atoms with E-state index in [4.69, 9.17) is 0 Å². The van der Waals surface area contributed by atoms with Crippen molar-refractivity contribution in [1.29, 1.82) is 0 Å². The molecule has 0 amide bonds. The minimum atomic E-state index is 0.230. The highest BCUT2D eigenvalue weighted by Crippen LogP contribution is 2.27. The summed E-state index contributed by atoms with van der Waals surface area (Å²) in [7, 11) is 0. The average Bonchev–Trinajstić information content (AvgIpc) is 2.49. The average molecular weight is 232 g/mol. The van der Waals surface area contributed by atoms with Crippen LogP contribution in [0, 0.1) is 0 Å². The predicted octanol–water partition coefficient (Wildman–Crippen LogP) is 3.17. The van der Waals surface area contributed by atoms with Crippen LogP contribution in [0.1, 0.15) is 39.2 Å². The molecule has 1 unspecified atom stereocenters. The molecule has 1 aromatic rings. The summed E-state index contributed by atoms with van der Waals surface area (Å²) in [6, 6.07) is 8.79. The quantitative estimate of drug-likeness (QED) is 0.861. The van der Waals surface area contributed by atoms with Gasteiger partial charge in [0.1, 0.15) is 0 Å². The number of nitrogens with one attached hydrogen (secondary N) is 1. The maximum Gasteiger partial charge on any atom is 0.0412 e. The second-order valence-electron chi connectivity index (χ2n) is 5.32. The summed E-state index contributed by atoms with van der Waals surface area (Å²) in [6.45, 7) is 10.1. The van der Waals surface area contributed by atoms with E-state index >= 15 is 0 Å². The van der Waals surface area contributed by atoms with Crippen LogP contribution in [0.2, 0.25) is 0 Å². The number of hydrogen-bond acceptors (Lipinski definition) is 2. The molecule has 1 aliphatic heterocycles. The van der Waals surface area contributed by atoms with Crippen molar-refractivity contribution >= 4 is 5.69 Å². The number of benzene rings is 1. The fourth-order valence-corrected chi connectivity index (χ4v) is 2.55. The zero-order chi connectivity index (χ0) is 12.3. The second-order valence-corrected chi connectivity index (χ2v) is 5.32. The Morgan fingerprint density at radius 2 is 2.06 bits per heavy atom. The molecule has 0 saturated carbocycles. The summed E-state index contributed by atoms with van der Waals surface area (Å²) in [5.74, 6) is 0. The Kier molecular flexibility index (Phi) is 3.72. The Balaban J connectivity index is 2.32. The summed E-state index contributed by atoms with van der Waals surface area (Å²) >= 11 is 0. The van der Waals surface area contributed by atoms with Crippen LogP contribution in [0.3, 0.4) is 0 Å². The zero-order valence-corrected chi connectivity index (χ0v) is 11.3. The lowest BCUT2D eigenvalue weighted by atomic mass is 9.98. The van der Waals surface area contributed by atoms with E-state index < -0.39 is 0 Å². The van der Waals surface area contributed by atoms with Crippen molar-refractivity contribution in [3.05, 3.63) is 29.8 Å². The van der Waals surface area contributed by atoms with Gasteiger partial charge in [0.2, 0.25) is 0 Å². The Hall–Kier alpha value is -1.02. The highest BCUT2D eigenvalue weighted by molar-refractivity contribution is 5.55. The molecular weight excluding hydrogens is 208 g/mol. The molecule has 2 nitrogen and oxygen atoms in total. The fraction of sp³-hybridized carbons (Fsp3) is 0.600. The van der Waals surface area contributed by atoms with Gasteiger partial charge in [-0.15, -0.1) is 0 Å². The Morgan fingerprint density at radius 1 is 1.29 bits per heavy atom. The molecule has 1 atom stereocenters. The molecule has 2 heteroatoms. The molecule has 1 aliphatic rings. The number of fused-ring (bicyclic) bond motifs is 1. The lowest BCUT2D eigenvalue weighted by molar-refractivity contribution is 0.349. The third kappa shape index (κ3) is 2.63. The van der Waals surface area contributed by atoms with Crippen LogP contribution in [0.15, 0.2) is 24.3 Å². The number of hydrogen-bond donors (Lipinski definition) is 1. The maximum absolute atomic E-state index is 3.71. The van der Waals surface area contributed by atoms with Gasteiger partial charge in [0, 0.05) is 30.9 Å². The van der Waals surface area contributed by atoms with Gasteiger partial charge in [-0.3, -0.25) is 0 Å². The predicted molar refractivity (Wildman–Crippen MR) is 74.5 cm³/mol. The van der Waals surface area contributed by atoms with Crippen molar-refractivity contribution in [3.63, 3.8) is 0 Å². The van der Waals surface area contributed by atoms with Gasteiger partial charge in [0.05, 0.1) is 0 Å². The lowest BCUT2D eigenvalue weighted by Gasteiger charge is -2.34. The molecule has 0 radical (unpaired) electrons. The third-order valence-electron chi connectivity index (χ3n) is 3.85. The Bertz CT molecular complexity index is 375. The largest absolute Gasteiger partial charge is 0.369 e. The fourth-order valence-electron chi connectivity index (χ4n) is 2.55. The van der Waals surface area contributed by atoms with E-state index in [2.05, 4.69) is 55.3 Å². The molecule has 17 heavy (non-hydrogen) atoms. The lowest BCUT2D eigenvalue weighted by Crippen LogP contribution is -2.49. The van der Waals surface area contributed by atoms with E-state index in [9.17, 15) is 0 Å². The highest BCUT2D eigenvalue weighted by Gasteiger charge is 2.28. The van der Waals surface area contributed by atoms with Crippen molar-refractivity contribution in [2.24, 2.45) is 0 Å². The molecule has 1 aromatic carbocycles. The molecule has 0 spiro atoms. The molecule has 2 rings (SSSR count). The SMILES string of the molecule is CCCN1CC(C)(CC)NCc2ccccc21. The molecule has 0 fully saturated rings. The van der Waals surface area contributed by atoms with Gasteiger partial charge in [-0.05, 0) is 31.4 Å². The minimum Gasteiger partial charge on any atom is -0.369 e. The number of rotatable bonds is 3. The monoisotopic (exact) mass is 232 g/mol. The standard InChI is InChI=1S/C15H24N2/c1-4-10-17-12-15(3,5-2)16-11-13-8-6-7-9-14(13)17/h6-9,16H,4-5,10-12H2,1-3H3. The first-order valence-corrected chi connectivity index (χ1v) is 6.76. The van der Waals surface area contributed by atoms with Crippen LogP contribution < -0.4 is 10.2 Å². The molecule has 0 aromatic heterocycles. The first-order valence-electron chi connectivity index (χ1n) is 6.76. The van der Waals surface area contributed by atoms with E-state index in [1.165, 1.54) is 24.1 Å². The van der Waals surface area contributed by atoms with Gasteiger partial charge in [-0.25, -0.2) is 0 Å². The second kappa shape index (κ2) is 5.09. The van der Waals surface area contributed by atoms with E-state index in [0.29, 0.717) is 0 Å². The van der Waals surface area contributed by atoms with Gasteiger partial charge in [0.15, 0.2) is 0 Å². The van der Waals surface area contributed by atoms with Gasteiger partial charge in [-0.1, -0.05) is 32.0 Å². The molecule has 94 valence electrons. The van der Waals surface area contributed by atoms with Crippen molar-refractivity contribution in [2.45, 2.75) is 45.7 Å².